The molecule has 0 spiro atoms. The number of likely N-dealkylation sites (N-methyl/N-ethyl adjacent to an activating group) is 1. The number of nitrogens with zero attached hydrogens (tertiary/aromatic N) is 2. The molecule has 33 heavy (non-hydrogen) atoms. The Labute approximate surface area is 188 Å². The molecule has 0 amide bonds. The van der Waals surface area contributed by atoms with Crippen molar-refractivity contribution in [1.82, 2.24) is 9.80 Å². The first-order valence-electron chi connectivity index (χ1n) is 10.6. The van der Waals surface area contributed by atoms with Crippen LogP contribution in [0, 0.1) is 13.8 Å². The zero-order chi connectivity index (χ0) is 23.9. The molecule has 1 aliphatic rings. The summed E-state index contributed by atoms with van der Waals surface area (Å²) in [5, 5.41) is 10.4. The first kappa shape index (κ1) is 23.1. The van der Waals surface area contributed by atoms with Crippen molar-refractivity contribution in [3.8, 4) is 17.2 Å². The van der Waals surface area contributed by atoms with Crippen LogP contribution >= 0.6 is 0 Å². The Bertz CT molecular complexity index is 1250. The molecule has 3 aromatic rings. The van der Waals surface area contributed by atoms with Gasteiger partial charge in [-0.15, -0.1) is 0 Å². The maximum Gasteiger partial charge on any atom is 0.453 e. The molecule has 2 heterocycles. The zero-order valence-electron chi connectivity index (χ0n) is 18.6. The Morgan fingerprint density at radius 2 is 1.79 bits per heavy atom. The lowest BCUT2D eigenvalue weighted by Crippen LogP contribution is -2.43. The minimum absolute atomic E-state index is 0.0785. The van der Waals surface area contributed by atoms with Crippen LogP contribution in [0.3, 0.4) is 0 Å². The van der Waals surface area contributed by atoms with Crippen molar-refractivity contribution in [2.24, 2.45) is 0 Å². The number of hydrogen-bond acceptors (Lipinski definition) is 6. The summed E-state index contributed by atoms with van der Waals surface area (Å²) in [5.74, 6) is -2.52. The fraction of sp³-hybridized carbons (Fsp3) is 0.375. The lowest BCUT2D eigenvalue weighted by Gasteiger charge is -2.32. The van der Waals surface area contributed by atoms with Crippen molar-refractivity contribution in [3.63, 3.8) is 0 Å². The van der Waals surface area contributed by atoms with E-state index in [2.05, 4.69) is 4.90 Å². The number of aryl methyl sites for hydroxylation is 2. The van der Waals surface area contributed by atoms with Gasteiger partial charge in [0.15, 0.2) is 0 Å². The molecule has 0 atom stereocenters. The minimum Gasteiger partial charge on any atom is -0.507 e. The van der Waals surface area contributed by atoms with Gasteiger partial charge in [-0.3, -0.25) is 9.69 Å². The molecule has 1 aliphatic heterocycles. The highest BCUT2D eigenvalue weighted by Gasteiger charge is 2.41. The summed E-state index contributed by atoms with van der Waals surface area (Å²) in [7, 11) is 1.98. The molecular formula is C24H25F3N2O4. The molecule has 9 heteroatoms. The summed E-state index contributed by atoms with van der Waals surface area (Å²) in [5.41, 5.74) is 0.282. The Balaban J connectivity index is 1.86. The van der Waals surface area contributed by atoms with Gasteiger partial charge in [-0.25, -0.2) is 0 Å². The molecule has 1 N–H and O–H groups in total. The number of phenols is 1. The molecule has 0 saturated carbocycles. The number of piperazine rings is 1. The first-order chi connectivity index (χ1) is 15.5. The molecular weight excluding hydrogens is 437 g/mol. The van der Waals surface area contributed by atoms with Gasteiger partial charge in [-0.05, 0) is 50.2 Å². The van der Waals surface area contributed by atoms with Crippen LogP contribution in [0.4, 0.5) is 13.2 Å². The van der Waals surface area contributed by atoms with Gasteiger partial charge in [0.1, 0.15) is 17.1 Å². The number of aromatic hydroxyl groups is 1. The number of rotatable bonds is 4. The van der Waals surface area contributed by atoms with E-state index in [9.17, 15) is 23.1 Å². The highest BCUT2D eigenvalue weighted by Crippen LogP contribution is 2.40. The Morgan fingerprint density at radius 1 is 1.09 bits per heavy atom. The summed E-state index contributed by atoms with van der Waals surface area (Å²) in [6, 6.07) is 7.63. The third-order valence-corrected chi connectivity index (χ3v) is 5.89. The number of alkyl halides is 3. The highest BCUT2D eigenvalue weighted by atomic mass is 19.4. The van der Waals surface area contributed by atoms with Gasteiger partial charge in [0.25, 0.3) is 5.76 Å². The average Bonchev–Trinajstić information content (AvgIpc) is 2.75. The summed E-state index contributed by atoms with van der Waals surface area (Å²) in [6.45, 7) is 6.54. The van der Waals surface area contributed by atoms with Crippen LogP contribution in [0.15, 0.2) is 39.5 Å². The van der Waals surface area contributed by atoms with Crippen molar-refractivity contribution >= 4 is 11.0 Å². The number of benzene rings is 2. The zero-order valence-corrected chi connectivity index (χ0v) is 18.6. The molecule has 1 saturated heterocycles. The van der Waals surface area contributed by atoms with E-state index in [-0.39, 0.29) is 34.6 Å². The normalized spacial score (nSPS) is 15.8. The lowest BCUT2D eigenvalue weighted by atomic mass is 10.1. The minimum atomic E-state index is -4.98. The fourth-order valence-corrected chi connectivity index (χ4v) is 3.88. The van der Waals surface area contributed by atoms with Crippen LogP contribution < -0.4 is 10.2 Å². The van der Waals surface area contributed by atoms with Gasteiger partial charge < -0.3 is 19.2 Å². The molecule has 6 nitrogen and oxygen atoms in total. The van der Waals surface area contributed by atoms with Crippen molar-refractivity contribution in [2.45, 2.75) is 26.6 Å². The fourth-order valence-electron chi connectivity index (χ4n) is 3.88. The highest BCUT2D eigenvalue weighted by molar-refractivity contribution is 5.83. The molecule has 0 bridgehead atoms. The van der Waals surface area contributed by atoms with Crippen LogP contribution in [0.5, 0.6) is 17.2 Å². The number of ether oxygens (including phenoxy) is 1. The van der Waals surface area contributed by atoms with E-state index in [1.54, 1.807) is 32.0 Å². The van der Waals surface area contributed by atoms with Crippen LogP contribution in [-0.4, -0.2) is 48.1 Å². The van der Waals surface area contributed by atoms with Crippen LogP contribution in [0.2, 0.25) is 0 Å². The van der Waals surface area contributed by atoms with Gasteiger partial charge in [0.2, 0.25) is 11.2 Å². The second-order valence-corrected chi connectivity index (χ2v) is 8.48. The maximum atomic E-state index is 14.0. The standard InChI is InChI=1S/C24H25F3N2O4/c1-14-4-5-15(2)19(12-14)32-22-20(31)16-6-7-18(30)17(13-29-10-8-28(3)9-11-29)21(16)33-23(22)24(25,26)27/h4-7,12,30H,8-11,13H2,1-3H3. The summed E-state index contributed by atoms with van der Waals surface area (Å²) in [4.78, 5) is 17.3. The predicted octanol–water partition coefficient (Wildman–Crippen LogP) is 4.67. The first-order valence-corrected chi connectivity index (χ1v) is 10.6. The molecule has 2 aromatic carbocycles. The van der Waals surface area contributed by atoms with E-state index in [0.29, 0.717) is 18.7 Å². The molecule has 0 unspecified atom stereocenters. The summed E-state index contributed by atoms with van der Waals surface area (Å²) < 4.78 is 52.8. The van der Waals surface area contributed by atoms with Crippen molar-refractivity contribution < 1.29 is 27.4 Å². The number of hydrogen-bond donors (Lipinski definition) is 1. The number of halogens is 3. The van der Waals surface area contributed by atoms with Crippen LogP contribution in [0.1, 0.15) is 22.5 Å². The lowest BCUT2D eigenvalue weighted by molar-refractivity contribution is -0.154. The van der Waals surface area contributed by atoms with Gasteiger partial charge in [0.05, 0.1) is 10.9 Å². The second-order valence-electron chi connectivity index (χ2n) is 8.48. The smallest absolute Gasteiger partial charge is 0.453 e. The summed E-state index contributed by atoms with van der Waals surface area (Å²) in [6.07, 6.45) is -4.98. The summed E-state index contributed by atoms with van der Waals surface area (Å²) >= 11 is 0. The quantitative estimate of drug-likeness (QED) is 0.608. The Kier molecular flexibility index (Phi) is 6.11. The van der Waals surface area contributed by atoms with Gasteiger partial charge in [-0.2, -0.15) is 13.2 Å². The molecule has 176 valence electrons. The molecule has 1 aromatic heterocycles. The van der Waals surface area contributed by atoms with Gasteiger partial charge in [-0.1, -0.05) is 12.1 Å². The average molecular weight is 462 g/mol. The van der Waals surface area contributed by atoms with Crippen molar-refractivity contribution in [3.05, 3.63) is 63.0 Å². The molecule has 0 radical (unpaired) electrons. The maximum absolute atomic E-state index is 14.0. The third-order valence-electron chi connectivity index (χ3n) is 5.89. The van der Waals surface area contributed by atoms with Crippen molar-refractivity contribution in [2.75, 3.05) is 33.2 Å². The topological polar surface area (TPSA) is 66.2 Å². The number of phenolic OH excluding ortho intramolecular Hbond substituents is 1. The van der Waals surface area contributed by atoms with Gasteiger partial charge in [0, 0.05) is 32.7 Å². The molecule has 1 fully saturated rings. The van der Waals surface area contributed by atoms with E-state index in [4.69, 9.17) is 9.15 Å². The molecule has 4 rings (SSSR count). The van der Waals surface area contributed by atoms with Crippen LogP contribution in [0.25, 0.3) is 11.0 Å². The molecule has 0 aliphatic carbocycles. The SMILES string of the molecule is Cc1ccc(C)c(Oc2c(C(F)(F)F)oc3c(CN4CCN(C)CC4)c(O)ccc3c2=O)c1. The predicted molar refractivity (Wildman–Crippen MR) is 118 cm³/mol. The second kappa shape index (κ2) is 8.72. The van der Waals surface area contributed by atoms with Crippen LogP contribution in [-0.2, 0) is 12.7 Å². The number of fused-ring (bicyclic) bond motifs is 1. The van der Waals surface area contributed by atoms with E-state index in [0.717, 1.165) is 18.7 Å². The Morgan fingerprint density at radius 3 is 2.45 bits per heavy atom. The largest absolute Gasteiger partial charge is 0.507 e. The van der Waals surface area contributed by atoms with E-state index >= 15 is 0 Å². The van der Waals surface area contributed by atoms with E-state index in [1.807, 2.05) is 11.9 Å². The van der Waals surface area contributed by atoms with Crippen molar-refractivity contribution in [1.29, 1.82) is 0 Å². The van der Waals surface area contributed by atoms with E-state index in [1.165, 1.54) is 12.1 Å². The van der Waals surface area contributed by atoms with E-state index < -0.39 is 23.1 Å². The monoisotopic (exact) mass is 462 g/mol. The van der Waals surface area contributed by atoms with Gasteiger partial charge >= 0.3 is 6.18 Å². The third kappa shape index (κ3) is 4.69. The Hall–Kier alpha value is -3.04.